The highest BCUT2D eigenvalue weighted by Gasteiger charge is 2.19. The van der Waals surface area contributed by atoms with Crippen molar-refractivity contribution in [2.75, 3.05) is 6.54 Å². The standard InChI is InChI=1S/C13H19N/c1-10-3-4-12(11(2)9-10)7-8-14-13-5-6-13/h3-4,9,13-14H,5-8H2,1-2H3. The Hall–Kier alpha value is -0.820. The van der Waals surface area contributed by atoms with Crippen molar-refractivity contribution in [2.24, 2.45) is 0 Å². The lowest BCUT2D eigenvalue weighted by Gasteiger charge is -2.07. The van der Waals surface area contributed by atoms with E-state index in [-0.39, 0.29) is 0 Å². The lowest BCUT2D eigenvalue weighted by molar-refractivity contribution is 0.680. The van der Waals surface area contributed by atoms with E-state index in [1.165, 1.54) is 36.0 Å². The van der Waals surface area contributed by atoms with Crippen molar-refractivity contribution < 1.29 is 0 Å². The van der Waals surface area contributed by atoms with Gasteiger partial charge in [-0.3, -0.25) is 0 Å². The maximum absolute atomic E-state index is 3.55. The van der Waals surface area contributed by atoms with Crippen molar-refractivity contribution >= 4 is 0 Å². The zero-order valence-corrected chi connectivity index (χ0v) is 9.14. The molecule has 0 atom stereocenters. The summed E-state index contributed by atoms with van der Waals surface area (Å²) in [5, 5.41) is 3.55. The van der Waals surface area contributed by atoms with Crippen molar-refractivity contribution in [1.29, 1.82) is 0 Å². The molecule has 0 unspecified atom stereocenters. The number of benzene rings is 1. The van der Waals surface area contributed by atoms with Crippen LogP contribution >= 0.6 is 0 Å². The van der Waals surface area contributed by atoms with Gasteiger partial charge in [-0.1, -0.05) is 23.8 Å². The first kappa shape index (κ1) is 9.72. The van der Waals surface area contributed by atoms with Crippen LogP contribution in [0.15, 0.2) is 18.2 Å². The number of hydrogen-bond acceptors (Lipinski definition) is 1. The summed E-state index contributed by atoms with van der Waals surface area (Å²) >= 11 is 0. The second-order valence-corrected chi connectivity index (χ2v) is 4.41. The predicted molar refractivity (Wildman–Crippen MR) is 60.6 cm³/mol. The first-order valence-corrected chi connectivity index (χ1v) is 5.55. The maximum atomic E-state index is 3.55. The van der Waals surface area contributed by atoms with E-state index in [2.05, 4.69) is 37.4 Å². The quantitative estimate of drug-likeness (QED) is 0.767. The monoisotopic (exact) mass is 189 g/mol. The molecular formula is C13H19N. The zero-order valence-electron chi connectivity index (χ0n) is 9.14. The second-order valence-electron chi connectivity index (χ2n) is 4.41. The van der Waals surface area contributed by atoms with Crippen LogP contribution in [0.5, 0.6) is 0 Å². The highest BCUT2D eigenvalue weighted by atomic mass is 14.9. The van der Waals surface area contributed by atoms with Crippen molar-refractivity contribution in [3.8, 4) is 0 Å². The van der Waals surface area contributed by atoms with Crippen molar-refractivity contribution in [3.05, 3.63) is 34.9 Å². The van der Waals surface area contributed by atoms with Crippen LogP contribution in [0.25, 0.3) is 0 Å². The van der Waals surface area contributed by atoms with Crippen molar-refractivity contribution in [2.45, 2.75) is 39.2 Å². The number of aryl methyl sites for hydroxylation is 2. The number of nitrogens with one attached hydrogen (secondary N) is 1. The molecular weight excluding hydrogens is 170 g/mol. The molecule has 1 saturated carbocycles. The highest BCUT2D eigenvalue weighted by Crippen LogP contribution is 2.18. The molecule has 14 heavy (non-hydrogen) atoms. The van der Waals surface area contributed by atoms with Gasteiger partial charge in [0.15, 0.2) is 0 Å². The Kier molecular flexibility index (Phi) is 2.87. The van der Waals surface area contributed by atoms with Gasteiger partial charge >= 0.3 is 0 Å². The molecule has 1 nitrogen and oxygen atoms in total. The van der Waals surface area contributed by atoms with Gasteiger partial charge in [0, 0.05) is 6.04 Å². The van der Waals surface area contributed by atoms with E-state index in [1.807, 2.05) is 0 Å². The van der Waals surface area contributed by atoms with Crippen LogP contribution in [0.2, 0.25) is 0 Å². The van der Waals surface area contributed by atoms with Crippen LogP contribution in [-0.2, 0) is 6.42 Å². The van der Waals surface area contributed by atoms with Crippen LogP contribution in [-0.4, -0.2) is 12.6 Å². The minimum absolute atomic E-state index is 0.834. The predicted octanol–water partition coefficient (Wildman–Crippen LogP) is 2.60. The van der Waals surface area contributed by atoms with Gasteiger partial charge in [-0.2, -0.15) is 0 Å². The maximum Gasteiger partial charge on any atom is 0.00683 e. The minimum atomic E-state index is 0.834. The molecule has 76 valence electrons. The molecule has 0 radical (unpaired) electrons. The third-order valence-corrected chi connectivity index (χ3v) is 2.90. The van der Waals surface area contributed by atoms with Gasteiger partial charge in [0.1, 0.15) is 0 Å². The van der Waals surface area contributed by atoms with Gasteiger partial charge in [-0.15, -0.1) is 0 Å². The third kappa shape index (κ3) is 2.58. The summed E-state index contributed by atoms with van der Waals surface area (Å²) < 4.78 is 0. The molecule has 0 saturated heterocycles. The van der Waals surface area contributed by atoms with E-state index >= 15 is 0 Å². The van der Waals surface area contributed by atoms with E-state index in [4.69, 9.17) is 0 Å². The molecule has 1 N–H and O–H groups in total. The van der Waals surface area contributed by atoms with Crippen LogP contribution < -0.4 is 5.32 Å². The first-order chi connectivity index (χ1) is 6.75. The van der Waals surface area contributed by atoms with Gasteiger partial charge < -0.3 is 5.32 Å². The molecule has 0 amide bonds. The molecule has 1 fully saturated rings. The fraction of sp³-hybridized carbons (Fsp3) is 0.538. The first-order valence-electron chi connectivity index (χ1n) is 5.55. The third-order valence-electron chi connectivity index (χ3n) is 2.90. The fourth-order valence-electron chi connectivity index (χ4n) is 1.82. The van der Waals surface area contributed by atoms with Gasteiger partial charge in [0.25, 0.3) is 0 Å². The largest absolute Gasteiger partial charge is 0.314 e. The fourth-order valence-corrected chi connectivity index (χ4v) is 1.82. The molecule has 2 rings (SSSR count). The molecule has 0 spiro atoms. The Bertz CT molecular complexity index is 313. The van der Waals surface area contributed by atoms with Gasteiger partial charge in [0.2, 0.25) is 0 Å². The average Bonchev–Trinajstić information content (AvgIpc) is 2.92. The Labute approximate surface area is 86.5 Å². The van der Waals surface area contributed by atoms with E-state index in [1.54, 1.807) is 0 Å². The van der Waals surface area contributed by atoms with Crippen LogP contribution in [0.1, 0.15) is 29.5 Å². The topological polar surface area (TPSA) is 12.0 Å². The summed E-state index contributed by atoms with van der Waals surface area (Å²) in [7, 11) is 0. The smallest absolute Gasteiger partial charge is 0.00683 e. The Balaban J connectivity index is 1.87. The Morgan fingerprint density at radius 1 is 1.29 bits per heavy atom. The SMILES string of the molecule is Cc1ccc(CCNC2CC2)c(C)c1. The van der Waals surface area contributed by atoms with E-state index < -0.39 is 0 Å². The van der Waals surface area contributed by atoms with Gasteiger partial charge in [-0.25, -0.2) is 0 Å². The summed E-state index contributed by atoms with van der Waals surface area (Å²) in [4.78, 5) is 0. The van der Waals surface area contributed by atoms with Crippen molar-refractivity contribution in [3.63, 3.8) is 0 Å². The molecule has 1 aromatic rings. The van der Waals surface area contributed by atoms with Crippen LogP contribution in [0.4, 0.5) is 0 Å². The Morgan fingerprint density at radius 3 is 2.71 bits per heavy atom. The molecule has 0 bridgehead atoms. The summed E-state index contributed by atoms with van der Waals surface area (Å²) in [6.45, 7) is 5.49. The molecule has 1 aromatic carbocycles. The average molecular weight is 189 g/mol. The summed E-state index contributed by atoms with van der Waals surface area (Å²) in [6.07, 6.45) is 3.93. The van der Waals surface area contributed by atoms with Gasteiger partial charge in [-0.05, 0) is 50.8 Å². The molecule has 0 aliphatic heterocycles. The molecule has 0 heterocycles. The van der Waals surface area contributed by atoms with Crippen molar-refractivity contribution in [1.82, 2.24) is 5.32 Å². The van der Waals surface area contributed by atoms with E-state index in [9.17, 15) is 0 Å². The molecule has 0 aromatic heterocycles. The molecule has 1 aliphatic rings. The van der Waals surface area contributed by atoms with E-state index in [0.717, 1.165) is 12.6 Å². The lowest BCUT2D eigenvalue weighted by Crippen LogP contribution is -2.19. The molecule has 1 heteroatoms. The minimum Gasteiger partial charge on any atom is -0.314 e. The summed E-state index contributed by atoms with van der Waals surface area (Å²) in [5.74, 6) is 0. The van der Waals surface area contributed by atoms with E-state index in [0.29, 0.717) is 0 Å². The van der Waals surface area contributed by atoms with Crippen LogP contribution in [0.3, 0.4) is 0 Å². The van der Waals surface area contributed by atoms with Gasteiger partial charge in [0.05, 0.1) is 0 Å². The number of hydrogen-bond donors (Lipinski definition) is 1. The summed E-state index contributed by atoms with van der Waals surface area (Å²) in [5.41, 5.74) is 4.28. The summed E-state index contributed by atoms with van der Waals surface area (Å²) in [6, 6.07) is 7.58. The Morgan fingerprint density at radius 2 is 2.07 bits per heavy atom. The lowest BCUT2D eigenvalue weighted by atomic mass is 10.0. The van der Waals surface area contributed by atoms with Crippen LogP contribution in [0, 0.1) is 13.8 Å². The number of rotatable bonds is 4. The zero-order chi connectivity index (χ0) is 9.97. The highest BCUT2D eigenvalue weighted by molar-refractivity contribution is 5.30. The second kappa shape index (κ2) is 4.14. The normalized spacial score (nSPS) is 15.9. The molecule has 1 aliphatic carbocycles.